The van der Waals surface area contributed by atoms with E-state index in [4.69, 9.17) is 20.3 Å². The minimum absolute atomic E-state index is 0.204. The maximum absolute atomic E-state index is 11.2. The van der Waals surface area contributed by atoms with Crippen molar-refractivity contribution in [2.75, 3.05) is 12.3 Å². The Labute approximate surface area is 171 Å². The number of benzene rings is 1. The Kier molecular flexibility index (Phi) is 5.35. The molecular weight excluding hydrogens is 413 g/mol. The van der Waals surface area contributed by atoms with Gasteiger partial charge in [0, 0.05) is 11.5 Å². The van der Waals surface area contributed by atoms with Gasteiger partial charge in [0.05, 0.1) is 19.0 Å². The van der Waals surface area contributed by atoms with E-state index in [9.17, 15) is 9.67 Å². The highest BCUT2D eigenvalue weighted by molar-refractivity contribution is 7.46. The second-order valence-corrected chi connectivity index (χ2v) is 8.30. The van der Waals surface area contributed by atoms with E-state index in [1.807, 2.05) is 37.3 Å². The molecule has 3 heterocycles. The SMILES string of the molecule is CC[C@@H]1[C@H](O)[C@@H](COP(=O)(O)O)O[C@@]1(c1ccccc1)n1cnc2c(N)ncnc21. The van der Waals surface area contributed by atoms with Gasteiger partial charge in [0.25, 0.3) is 0 Å². The molecule has 2 aromatic heterocycles. The van der Waals surface area contributed by atoms with E-state index in [1.165, 1.54) is 12.7 Å². The lowest BCUT2D eigenvalue weighted by Crippen LogP contribution is -2.42. The van der Waals surface area contributed by atoms with E-state index in [2.05, 4.69) is 19.5 Å². The quantitative estimate of drug-likeness (QED) is 0.410. The van der Waals surface area contributed by atoms with E-state index < -0.39 is 38.3 Å². The van der Waals surface area contributed by atoms with Crippen LogP contribution >= 0.6 is 7.82 Å². The first-order chi connectivity index (χ1) is 14.3. The summed E-state index contributed by atoms with van der Waals surface area (Å²) in [5, 5.41) is 11.0. The number of anilines is 1. The van der Waals surface area contributed by atoms with Gasteiger partial charge in [0.2, 0.25) is 0 Å². The average Bonchev–Trinajstić information content (AvgIpc) is 3.27. The van der Waals surface area contributed by atoms with Crippen LogP contribution in [0.1, 0.15) is 18.9 Å². The average molecular weight is 435 g/mol. The fourth-order valence-electron chi connectivity index (χ4n) is 4.13. The predicted molar refractivity (Wildman–Crippen MR) is 106 cm³/mol. The highest BCUT2D eigenvalue weighted by Crippen LogP contribution is 2.49. The summed E-state index contributed by atoms with van der Waals surface area (Å²) in [6, 6.07) is 9.21. The molecule has 30 heavy (non-hydrogen) atoms. The number of nitrogens with two attached hydrogens (primary N) is 1. The molecule has 1 fully saturated rings. The predicted octanol–water partition coefficient (Wildman–Crippen LogP) is 1.00. The molecular formula is C18H22N5O6P. The van der Waals surface area contributed by atoms with Crippen molar-refractivity contribution in [3.63, 3.8) is 0 Å². The zero-order valence-corrected chi connectivity index (χ0v) is 17.0. The molecule has 1 aromatic carbocycles. The summed E-state index contributed by atoms with van der Waals surface area (Å²) in [5.74, 6) is -0.297. The molecule has 0 bridgehead atoms. The summed E-state index contributed by atoms with van der Waals surface area (Å²) in [6.07, 6.45) is 1.25. The maximum Gasteiger partial charge on any atom is 0.469 e. The Hall–Kier alpha value is -2.40. The minimum Gasteiger partial charge on any atom is -0.390 e. The topological polar surface area (TPSA) is 166 Å². The van der Waals surface area contributed by atoms with Crippen LogP contribution in [0.4, 0.5) is 5.82 Å². The fraction of sp³-hybridized carbons (Fsp3) is 0.389. The highest BCUT2D eigenvalue weighted by Gasteiger charge is 2.57. The largest absolute Gasteiger partial charge is 0.469 e. The smallest absolute Gasteiger partial charge is 0.390 e. The standard InChI is InChI=1S/C18H22N5O6P/c1-2-12-15(24)13(8-28-30(25,26)27)29-18(12,11-6-4-3-5-7-11)23-10-22-14-16(19)20-9-21-17(14)23/h3-7,9-10,12-13,15,24H,2,8H2,1H3,(H2,19,20,21)(H2,25,26,27)/t12-,13-,15+,18-/m1/s1. The van der Waals surface area contributed by atoms with Gasteiger partial charge in [-0.1, -0.05) is 37.3 Å². The number of aliphatic hydroxyl groups excluding tert-OH is 1. The molecule has 1 saturated heterocycles. The summed E-state index contributed by atoms with van der Waals surface area (Å²) in [5.41, 5.74) is 6.20. The van der Waals surface area contributed by atoms with Crippen LogP contribution in [0.3, 0.4) is 0 Å². The van der Waals surface area contributed by atoms with Crippen molar-refractivity contribution in [1.29, 1.82) is 0 Å². The summed E-state index contributed by atoms with van der Waals surface area (Å²) in [7, 11) is -4.74. The van der Waals surface area contributed by atoms with Crippen molar-refractivity contribution in [3.05, 3.63) is 48.5 Å². The third-order valence-corrected chi connectivity index (χ3v) is 5.87. The van der Waals surface area contributed by atoms with Gasteiger partial charge in [-0.05, 0) is 6.42 Å². The number of phosphoric ester groups is 1. The molecule has 0 aliphatic carbocycles. The van der Waals surface area contributed by atoms with Gasteiger partial charge in [-0.3, -0.25) is 9.09 Å². The molecule has 12 heteroatoms. The van der Waals surface area contributed by atoms with Gasteiger partial charge < -0.3 is 25.4 Å². The molecule has 0 spiro atoms. The van der Waals surface area contributed by atoms with Gasteiger partial charge >= 0.3 is 7.82 Å². The van der Waals surface area contributed by atoms with Gasteiger partial charge in [0.15, 0.2) is 17.2 Å². The molecule has 11 nitrogen and oxygen atoms in total. The lowest BCUT2D eigenvalue weighted by Gasteiger charge is -2.36. The third-order valence-electron chi connectivity index (χ3n) is 5.38. The molecule has 0 amide bonds. The van der Waals surface area contributed by atoms with Crippen LogP contribution in [0.25, 0.3) is 11.2 Å². The first kappa shape index (κ1) is 20.9. The number of imidazole rings is 1. The van der Waals surface area contributed by atoms with Crippen molar-refractivity contribution in [1.82, 2.24) is 19.5 Å². The van der Waals surface area contributed by atoms with Crippen LogP contribution < -0.4 is 5.73 Å². The third kappa shape index (κ3) is 3.39. The van der Waals surface area contributed by atoms with E-state index in [-0.39, 0.29) is 5.82 Å². The van der Waals surface area contributed by atoms with E-state index in [0.29, 0.717) is 23.1 Å². The number of ether oxygens (including phenoxy) is 1. The molecule has 4 atom stereocenters. The minimum atomic E-state index is -4.74. The number of rotatable bonds is 6. The molecule has 160 valence electrons. The second-order valence-electron chi connectivity index (χ2n) is 7.06. The number of nitrogen functional groups attached to an aromatic ring is 1. The Balaban J connectivity index is 1.90. The Morgan fingerprint density at radius 3 is 2.67 bits per heavy atom. The molecule has 0 radical (unpaired) electrons. The number of hydrogen-bond donors (Lipinski definition) is 4. The second kappa shape index (κ2) is 7.69. The fourth-order valence-corrected chi connectivity index (χ4v) is 4.47. The summed E-state index contributed by atoms with van der Waals surface area (Å²) in [6.45, 7) is 1.41. The molecule has 0 saturated carbocycles. The summed E-state index contributed by atoms with van der Waals surface area (Å²) in [4.78, 5) is 30.8. The van der Waals surface area contributed by atoms with E-state index >= 15 is 0 Å². The Bertz CT molecular complexity index is 1090. The zero-order chi connectivity index (χ0) is 21.5. The summed E-state index contributed by atoms with van der Waals surface area (Å²) < 4.78 is 23.9. The van der Waals surface area contributed by atoms with Crippen LogP contribution in [0.15, 0.2) is 43.0 Å². The first-order valence-corrected chi connectivity index (χ1v) is 10.9. The van der Waals surface area contributed by atoms with Crippen molar-refractivity contribution < 1.29 is 28.7 Å². The van der Waals surface area contributed by atoms with Crippen molar-refractivity contribution >= 4 is 24.8 Å². The van der Waals surface area contributed by atoms with E-state index in [1.54, 1.807) is 4.57 Å². The van der Waals surface area contributed by atoms with Gasteiger partial charge in [-0.2, -0.15) is 0 Å². The lowest BCUT2D eigenvalue weighted by molar-refractivity contribution is -0.0987. The van der Waals surface area contributed by atoms with Gasteiger partial charge in [-0.25, -0.2) is 19.5 Å². The van der Waals surface area contributed by atoms with Gasteiger partial charge in [0.1, 0.15) is 17.9 Å². The lowest BCUT2D eigenvalue weighted by atomic mass is 9.84. The zero-order valence-electron chi connectivity index (χ0n) is 16.1. The monoisotopic (exact) mass is 435 g/mol. The van der Waals surface area contributed by atoms with Crippen LogP contribution in [-0.2, 0) is 19.6 Å². The van der Waals surface area contributed by atoms with E-state index in [0.717, 1.165) is 0 Å². The maximum atomic E-state index is 11.2. The van der Waals surface area contributed by atoms with Crippen LogP contribution in [0, 0.1) is 5.92 Å². The molecule has 3 aromatic rings. The van der Waals surface area contributed by atoms with Crippen LogP contribution in [0.2, 0.25) is 0 Å². The Morgan fingerprint density at radius 1 is 1.27 bits per heavy atom. The van der Waals surface area contributed by atoms with Crippen LogP contribution in [-0.4, -0.2) is 53.2 Å². The number of hydrogen-bond acceptors (Lipinski definition) is 8. The molecule has 0 unspecified atom stereocenters. The molecule has 5 N–H and O–H groups in total. The number of aromatic nitrogens is 4. The van der Waals surface area contributed by atoms with Crippen LogP contribution in [0.5, 0.6) is 0 Å². The van der Waals surface area contributed by atoms with Crippen molar-refractivity contribution in [3.8, 4) is 0 Å². The first-order valence-electron chi connectivity index (χ1n) is 9.33. The van der Waals surface area contributed by atoms with Crippen molar-refractivity contribution in [2.24, 2.45) is 5.92 Å². The Morgan fingerprint density at radius 2 is 2.00 bits per heavy atom. The van der Waals surface area contributed by atoms with Crippen molar-refractivity contribution in [2.45, 2.75) is 31.3 Å². The number of nitrogens with zero attached hydrogens (tertiary/aromatic N) is 4. The number of aliphatic hydroxyl groups is 1. The number of phosphoric acid groups is 1. The highest BCUT2D eigenvalue weighted by atomic mass is 31.2. The molecule has 1 aliphatic heterocycles. The van der Waals surface area contributed by atoms with Gasteiger partial charge in [-0.15, -0.1) is 0 Å². The molecule has 4 rings (SSSR count). The normalized spacial score (nSPS) is 27.0. The summed E-state index contributed by atoms with van der Waals surface area (Å²) >= 11 is 0. The molecule has 1 aliphatic rings. The number of fused-ring (bicyclic) bond motifs is 1.